The van der Waals surface area contributed by atoms with Crippen molar-refractivity contribution in [3.8, 4) is 0 Å². The van der Waals surface area contributed by atoms with Gasteiger partial charge in [-0.05, 0) is 37.1 Å². The average Bonchev–Trinajstić information content (AvgIpc) is 2.83. The van der Waals surface area contributed by atoms with E-state index in [-0.39, 0.29) is 11.9 Å². The van der Waals surface area contributed by atoms with Gasteiger partial charge in [0.2, 0.25) is 0 Å². The van der Waals surface area contributed by atoms with Gasteiger partial charge in [0, 0.05) is 13.0 Å². The van der Waals surface area contributed by atoms with Crippen LogP contribution in [0, 0.1) is 5.82 Å². The highest BCUT2D eigenvalue weighted by molar-refractivity contribution is 5.89. The van der Waals surface area contributed by atoms with Gasteiger partial charge in [-0.2, -0.15) is 0 Å². The fourth-order valence-corrected chi connectivity index (χ4v) is 1.82. The first-order valence-electron chi connectivity index (χ1n) is 5.80. The van der Waals surface area contributed by atoms with Crippen LogP contribution in [0.15, 0.2) is 24.3 Å². The number of rotatable bonds is 4. The number of hydrogen-bond acceptors (Lipinski definition) is 3. The topological polar surface area (TPSA) is 35.5 Å². The van der Waals surface area contributed by atoms with Gasteiger partial charge in [0.25, 0.3) is 0 Å². The van der Waals surface area contributed by atoms with Crippen molar-refractivity contribution in [2.24, 2.45) is 0 Å². The molecule has 0 aliphatic carbocycles. The lowest BCUT2D eigenvalue weighted by Gasteiger charge is -2.09. The van der Waals surface area contributed by atoms with E-state index in [0.717, 1.165) is 25.9 Å². The van der Waals surface area contributed by atoms with Gasteiger partial charge < -0.3 is 9.47 Å². The third-order valence-corrected chi connectivity index (χ3v) is 2.78. The van der Waals surface area contributed by atoms with Crippen LogP contribution in [0.25, 0.3) is 0 Å². The van der Waals surface area contributed by atoms with Crippen LogP contribution in [0.3, 0.4) is 0 Å². The van der Waals surface area contributed by atoms with Gasteiger partial charge in [0.05, 0.1) is 18.3 Å². The average molecular weight is 238 g/mol. The Balaban J connectivity index is 1.75. The van der Waals surface area contributed by atoms with E-state index in [1.54, 1.807) is 0 Å². The monoisotopic (exact) mass is 238 g/mol. The van der Waals surface area contributed by atoms with Crippen molar-refractivity contribution in [3.63, 3.8) is 0 Å². The molecule has 0 spiro atoms. The first-order valence-corrected chi connectivity index (χ1v) is 5.80. The number of halogens is 1. The molecule has 2 rings (SSSR count). The Kier molecular flexibility index (Phi) is 4.09. The maximum absolute atomic E-state index is 12.6. The van der Waals surface area contributed by atoms with Gasteiger partial charge in [-0.15, -0.1) is 0 Å². The zero-order valence-corrected chi connectivity index (χ0v) is 9.52. The van der Waals surface area contributed by atoms with E-state index >= 15 is 0 Å². The molecule has 1 aromatic carbocycles. The molecule has 3 nitrogen and oxygen atoms in total. The summed E-state index contributed by atoms with van der Waals surface area (Å²) in [6, 6.07) is 5.33. The van der Waals surface area contributed by atoms with Crippen molar-refractivity contribution >= 4 is 5.97 Å². The molecule has 4 heteroatoms. The standard InChI is InChI=1S/C13H15FO3/c14-11-5-3-10(4-6-11)13(15)17-9-7-12-2-1-8-16-12/h3-6,12H,1-2,7-9H2/t12-/m1/s1. The van der Waals surface area contributed by atoms with Crippen LogP contribution in [0.1, 0.15) is 29.6 Å². The number of benzene rings is 1. The van der Waals surface area contributed by atoms with Crippen LogP contribution in [0.5, 0.6) is 0 Å². The third kappa shape index (κ3) is 3.53. The zero-order valence-electron chi connectivity index (χ0n) is 9.52. The Morgan fingerprint density at radius 1 is 1.41 bits per heavy atom. The molecule has 1 aliphatic rings. The summed E-state index contributed by atoms with van der Waals surface area (Å²) in [5.41, 5.74) is 0.374. The lowest BCUT2D eigenvalue weighted by Crippen LogP contribution is -2.12. The van der Waals surface area contributed by atoms with Crippen LogP contribution in [0.4, 0.5) is 4.39 Å². The molecule has 0 unspecified atom stereocenters. The molecule has 1 atom stereocenters. The quantitative estimate of drug-likeness (QED) is 0.756. The largest absolute Gasteiger partial charge is 0.462 e. The van der Waals surface area contributed by atoms with Gasteiger partial charge >= 0.3 is 5.97 Å². The normalized spacial score (nSPS) is 19.2. The summed E-state index contributed by atoms with van der Waals surface area (Å²) in [6.45, 7) is 1.15. The minimum Gasteiger partial charge on any atom is -0.462 e. The van der Waals surface area contributed by atoms with Crippen molar-refractivity contribution in [1.82, 2.24) is 0 Å². The molecule has 1 saturated heterocycles. The SMILES string of the molecule is O=C(OCC[C@H]1CCCO1)c1ccc(F)cc1. The minimum absolute atomic E-state index is 0.219. The maximum Gasteiger partial charge on any atom is 0.338 e. The number of esters is 1. The first-order chi connectivity index (χ1) is 8.25. The van der Waals surface area contributed by atoms with Gasteiger partial charge in [0.1, 0.15) is 5.82 Å². The van der Waals surface area contributed by atoms with Crippen LogP contribution in [-0.4, -0.2) is 25.3 Å². The van der Waals surface area contributed by atoms with E-state index in [2.05, 4.69) is 0 Å². The van der Waals surface area contributed by atoms with Crippen LogP contribution in [0.2, 0.25) is 0 Å². The van der Waals surface area contributed by atoms with Gasteiger partial charge in [-0.1, -0.05) is 0 Å². The van der Waals surface area contributed by atoms with Gasteiger partial charge in [0.15, 0.2) is 0 Å². The fraction of sp³-hybridized carbons (Fsp3) is 0.462. The lowest BCUT2D eigenvalue weighted by atomic mass is 10.2. The number of carbonyl (C=O) groups excluding carboxylic acids is 1. The Morgan fingerprint density at radius 3 is 2.82 bits per heavy atom. The smallest absolute Gasteiger partial charge is 0.338 e. The predicted octanol–water partition coefficient (Wildman–Crippen LogP) is 2.55. The highest BCUT2D eigenvalue weighted by atomic mass is 19.1. The zero-order chi connectivity index (χ0) is 12.1. The molecule has 1 aromatic rings. The predicted molar refractivity (Wildman–Crippen MR) is 60.3 cm³/mol. The fourth-order valence-electron chi connectivity index (χ4n) is 1.82. The van der Waals surface area contributed by atoms with Crippen molar-refractivity contribution < 1.29 is 18.7 Å². The van der Waals surface area contributed by atoms with Crippen LogP contribution < -0.4 is 0 Å². The molecule has 0 radical (unpaired) electrons. The third-order valence-electron chi connectivity index (χ3n) is 2.78. The number of carbonyl (C=O) groups is 1. The van der Waals surface area contributed by atoms with Crippen LogP contribution >= 0.6 is 0 Å². The molecule has 92 valence electrons. The summed E-state index contributed by atoms with van der Waals surface area (Å²) in [5, 5.41) is 0. The molecular weight excluding hydrogens is 223 g/mol. The van der Waals surface area contributed by atoms with Crippen molar-refractivity contribution in [2.45, 2.75) is 25.4 Å². The summed E-state index contributed by atoms with van der Waals surface area (Å²) >= 11 is 0. The van der Waals surface area contributed by atoms with E-state index in [4.69, 9.17) is 9.47 Å². The van der Waals surface area contributed by atoms with E-state index in [0.29, 0.717) is 12.2 Å². The summed E-state index contributed by atoms with van der Waals surface area (Å²) in [6.07, 6.45) is 3.06. The minimum atomic E-state index is -0.414. The first kappa shape index (κ1) is 12.0. The van der Waals surface area contributed by atoms with E-state index < -0.39 is 5.97 Å². The molecule has 0 amide bonds. The highest BCUT2D eigenvalue weighted by Gasteiger charge is 2.16. The Hall–Kier alpha value is -1.42. The molecule has 17 heavy (non-hydrogen) atoms. The molecule has 1 fully saturated rings. The molecule has 0 saturated carbocycles. The van der Waals surface area contributed by atoms with E-state index in [1.165, 1.54) is 24.3 Å². The second-order valence-corrected chi connectivity index (χ2v) is 4.07. The Bertz CT molecular complexity index is 369. The summed E-state index contributed by atoms with van der Waals surface area (Å²) < 4.78 is 23.1. The van der Waals surface area contributed by atoms with E-state index in [1.807, 2.05) is 0 Å². The number of hydrogen-bond donors (Lipinski definition) is 0. The lowest BCUT2D eigenvalue weighted by molar-refractivity contribution is 0.0386. The number of ether oxygens (including phenoxy) is 2. The molecular formula is C13H15FO3. The van der Waals surface area contributed by atoms with E-state index in [9.17, 15) is 9.18 Å². The van der Waals surface area contributed by atoms with Crippen molar-refractivity contribution in [2.75, 3.05) is 13.2 Å². The Morgan fingerprint density at radius 2 is 2.18 bits per heavy atom. The molecule has 0 bridgehead atoms. The summed E-state index contributed by atoms with van der Waals surface area (Å²) in [4.78, 5) is 11.5. The molecule has 1 heterocycles. The summed E-state index contributed by atoms with van der Waals surface area (Å²) in [5.74, 6) is -0.774. The van der Waals surface area contributed by atoms with Crippen molar-refractivity contribution in [3.05, 3.63) is 35.6 Å². The molecule has 0 N–H and O–H groups in total. The summed E-state index contributed by atoms with van der Waals surface area (Å²) in [7, 11) is 0. The highest BCUT2D eigenvalue weighted by Crippen LogP contribution is 2.15. The van der Waals surface area contributed by atoms with Gasteiger partial charge in [-0.3, -0.25) is 0 Å². The molecule has 0 aromatic heterocycles. The maximum atomic E-state index is 12.6. The second-order valence-electron chi connectivity index (χ2n) is 4.07. The second kappa shape index (κ2) is 5.77. The Labute approximate surface area is 99.5 Å². The van der Waals surface area contributed by atoms with Crippen molar-refractivity contribution in [1.29, 1.82) is 0 Å². The van der Waals surface area contributed by atoms with Gasteiger partial charge in [-0.25, -0.2) is 9.18 Å². The van der Waals surface area contributed by atoms with Crippen LogP contribution in [-0.2, 0) is 9.47 Å². The molecule has 1 aliphatic heterocycles.